The molecule has 6 heteroatoms. The molecule has 1 aliphatic carbocycles. The molecule has 2 N–H and O–H groups in total. The van der Waals surface area contributed by atoms with E-state index in [0.717, 1.165) is 5.56 Å². The molecule has 0 heterocycles. The molecule has 0 aliphatic heterocycles. The Hall–Kier alpha value is -3.15. The predicted octanol–water partition coefficient (Wildman–Crippen LogP) is 0.789. The minimum Gasteiger partial charge on any atom is -0.545 e. The summed E-state index contributed by atoms with van der Waals surface area (Å²) in [6.07, 6.45) is 0.689. The van der Waals surface area contributed by atoms with Gasteiger partial charge in [-0.05, 0) is 18.1 Å². The zero-order valence-electron chi connectivity index (χ0n) is 13.6. The summed E-state index contributed by atoms with van der Waals surface area (Å²) < 4.78 is 0. The van der Waals surface area contributed by atoms with Gasteiger partial charge in [-0.15, -0.1) is 0 Å². The molecule has 0 unspecified atom stereocenters. The summed E-state index contributed by atoms with van der Waals surface area (Å²) in [6, 6.07) is 15.4. The number of hydrogen-bond acceptors (Lipinski definition) is 4. The van der Waals surface area contributed by atoms with E-state index in [1.54, 1.807) is 0 Å². The van der Waals surface area contributed by atoms with Gasteiger partial charge in [0.15, 0.2) is 0 Å². The Morgan fingerprint density at radius 1 is 0.960 bits per heavy atom. The van der Waals surface area contributed by atoms with Gasteiger partial charge in [0, 0.05) is 16.9 Å². The van der Waals surface area contributed by atoms with Gasteiger partial charge in [-0.2, -0.15) is 0 Å². The molecular weight excluding hydrogens is 320 g/mol. The minimum atomic E-state index is -1.45. The third-order valence-corrected chi connectivity index (χ3v) is 4.68. The first-order valence-electron chi connectivity index (χ1n) is 7.89. The molecule has 1 fully saturated rings. The number of carbonyl (C=O) groups excluding carboxylic acids is 3. The van der Waals surface area contributed by atoms with Crippen molar-refractivity contribution in [2.24, 2.45) is 5.92 Å². The molecule has 3 rings (SSSR count). The summed E-state index contributed by atoms with van der Waals surface area (Å²) in [7, 11) is 0. The number of carbonyl (C=O) groups is 3. The number of hydrazine groups is 1. The van der Waals surface area contributed by atoms with Gasteiger partial charge in [-0.1, -0.05) is 55.5 Å². The van der Waals surface area contributed by atoms with Crippen LogP contribution in [0.4, 0.5) is 0 Å². The SMILES string of the molecule is C[C@]1(c2ccccc2)C[C@@H]1C(=O)NNC(=O)c1ccccc1C(=O)[O-]. The zero-order valence-corrected chi connectivity index (χ0v) is 13.6. The van der Waals surface area contributed by atoms with Gasteiger partial charge in [-0.25, -0.2) is 0 Å². The van der Waals surface area contributed by atoms with E-state index in [4.69, 9.17) is 0 Å². The maximum Gasteiger partial charge on any atom is 0.270 e. The number of carboxylic acid groups (broad SMARTS) is 1. The molecule has 1 aliphatic rings. The van der Waals surface area contributed by atoms with Gasteiger partial charge in [0.2, 0.25) is 5.91 Å². The fourth-order valence-electron chi connectivity index (χ4n) is 3.02. The summed E-state index contributed by atoms with van der Waals surface area (Å²) >= 11 is 0. The van der Waals surface area contributed by atoms with Crippen molar-refractivity contribution in [1.82, 2.24) is 10.9 Å². The molecule has 2 amide bonds. The number of amides is 2. The number of aromatic carboxylic acids is 1. The van der Waals surface area contributed by atoms with Gasteiger partial charge in [0.1, 0.15) is 0 Å². The quantitative estimate of drug-likeness (QED) is 0.806. The van der Waals surface area contributed by atoms with E-state index >= 15 is 0 Å². The van der Waals surface area contributed by atoms with Crippen LogP contribution in [0.1, 0.15) is 39.6 Å². The third kappa shape index (κ3) is 3.24. The van der Waals surface area contributed by atoms with Crippen molar-refractivity contribution in [3.05, 3.63) is 71.3 Å². The van der Waals surface area contributed by atoms with Crippen LogP contribution in [0, 0.1) is 5.92 Å². The Balaban J connectivity index is 1.63. The van der Waals surface area contributed by atoms with E-state index in [0.29, 0.717) is 6.42 Å². The Morgan fingerprint density at radius 3 is 2.20 bits per heavy atom. The van der Waals surface area contributed by atoms with E-state index in [1.165, 1.54) is 24.3 Å². The van der Waals surface area contributed by atoms with Crippen molar-refractivity contribution in [2.75, 3.05) is 0 Å². The molecule has 1 saturated carbocycles. The van der Waals surface area contributed by atoms with Crippen molar-refractivity contribution < 1.29 is 19.5 Å². The number of rotatable bonds is 4. The van der Waals surface area contributed by atoms with E-state index < -0.39 is 11.9 Å². The second-order valence-electron chi connectivity index (χ2n) is 6.32. The number of nitrogens with one attached hydrogen (secondary N) is 2. The highest BCUT2D eigenvalue weighted by molar-refractivity contribution is 6.04. The molecule has 0 radical (unpaired) electrons. The van der Waals surface area contributed by atoms with Crippen molar-refractivity contribution in [3.63, 3.8) is 0 Å². The lowest BCUT2D eigenvalue weighted by atomic mass is 9.95. The highest BCUT2D eigenvalue weighted by Gasteiger charge is 2.55. The van der Waals surface area contributed by atoms with Gasteiger partial charge in [0.25, 0.3) is 5.91 Å². The molecular formula is C19H17N2O4-. The van der Waals surface area contributed by atoms with E-state index in [1.807, 2.05) is 37.3 Å². The number of carboxylic acids is 1. The van der Waals surface area contributed by atoms with E-state index in [9.17, 15) is 19.5 Å². The molecule has 6 nitrogen and oxygen atoms in total. The maximum atomic E-state index is 12.3. The molecule has 0 bridgehead atoms. The van der Waals surface area contributed by atoms with Crippen LogP contribution in [0.15, 0.2) is 54.6 Å². The first-order valence-corrected chi connectivity index (χ1v) is 7.89. The fraction of sp³-hybridized carbons (Fsp3) is 0.211. The highest BCUT2D eigenvalue weighted by atomic mass is 16.4. The molecule has 25 heavy (non-hydrogen) atoms. The standard InChI is InChI=1S/C19H18N2O4/c1-19(12-7-3-2-4-8-12)11-15(19)17(23)21-20-16(22)13-9-5-6-10-14(13)18(24)25/h2-10,15H,11H2,1H3,(H,20,22)(H,21,23)(H,24,25)/p-1/t15-,19-/m1/s1. The van der Waals surface area contributed by atoms with Crippen LogP contribution in [0.5, 0.6) is 0 Å². The Morgan fingerprint density at radius 2 is 1.56 bits per heavy atom. The largest absolute Gasteiger partial charge is 0.545 e. The predicted molar refractivity (Wildman–Crippen MR) is 88.3 cm³/mol. The van der Waals surface area contributed by atoms with E-state index in [-0.39, 0.29) is 28.4 Å². The van der Waals surface area contributed by atoms with Crippen LogP contribution >= 0.6 is 0 Å². The van der Waals surface area contributed by atoms with Crippen molar-refractivity contribution in [2.45, 2.75) is 18.8 Å². The first kappa shape index (κ1) is 16.7. The van der Waals surface area contributed by atoms with Crippen LogP contribution in [-0.4, -0.2) is 17.8 Å². The summed E-state index contributed by atoms with van der Waals surface area (Å²) in [5.74, 6) is -2.69. The highest BCUT2D eigenvalue weighted by Crippen LogP contribution is 2.53. The summed E-state index contributed by atoms with van der Waals surface area (Å²) in [5, 5.41) is 11.0. The van der Waals surface area contributed by atoms with Gasteiger partial charge in [-0.3, -0.25) is 20.4 Å². The van der Waals surface area contributed by atoms with Crippen molar-refractivity contribution in [3.8, 4) is 0 Å². The molecule has 2 atom stereocenters. The average Bonchev–Trinajstić information content (AvgIpc) is 3.33. The lowest BCUT2D eigenvalue weighted by Gasteiger charge is -2.13. The second kappa shape index (κ2) is 6.39. The molecule has 0 saturated heterocycles. The summed E-state index contributed by atoms with van der Waals surface area (Å²) in [4.78, 5) is 35.5. The van der Waals surface area contributed by atoms with E-state index in [2.05, 4.69) is 10.9 Å². The van der Waals surface area contributed by atoms with Crippen LogP contribution in [-0.2, 0) is 10.2 Å². The second-order valence-corrected chi connectivity index (χ2v) is 6.32. The van der Waals surface area contributed by atoms with Gasteiger partial charge >= 0.3 is 0 Å². The topological polar surface area (TPSA) is 98.3 Å². The van der Waals surface area contributed by atoms with Crippen LogP contribution in [0.2, 0.25) is 0 Å². The minimum absolute atomic E-state index is 0.0654. The molecule has 2 aromatic carbocycles. The Bertz CT molecular complexity index is 834. The maximum absolute atomic E-state index is 12.3. The van der Waals surface area contributed by atoms with Crippen LogP contribution in [0.3, 0.4) is 0 Å². The summed E-state index contributed by atoms with van der Waals surface area (Å²) in [6.45, 7) is 2.00. The lowest BCUT2D eigenvalue weighted by molar-refractivity contribution is -0.255. The summed E-state index contributed by atoms with van der Waals surface area (Å²) in [5.41, 5.74) is 5.19. The Kier molecular flexibility index (Phi) is 4.27. The van der Waals surface area contributed by atoms with Crippen LogP contribution in [0.25, 0.3) is 0 Å². The van der Waals surface area contributed by atoms with Gasteiger partial charge in [0.05, 0.1) is 11.5 Å². The molecule has 128 valence electrons. The zero-order chi connectivity index (χ0) is 18.0. The fourth-order valence-corrected chi connectivity index (χ4v) is 3.02. The molecule has 0 aromatic heterocycles. The normalized spacial score (nSPS) is 21.2. The first-order chi connectivity index (χ1) is 11.9. The third-order valence-electron chi connectivity index (χ3n) is 4.68. The monoisotopic (exact) mass is 337 g/mol. The smallest absolute Gasteiger partial charge is 0.270 e. The average molecular weight is 337 g/mol. The molecule has 0 spiro atoms. The van der Waals surface area contributed by atoms with Gasteiger partial charge < -0.3 is 9.90 Å². The number of hydrogen-bond donors (Lipinski definition) is 2. The molecule has 2 aromatic rings. The van der Waals surface area contributed by atoms with Crippen LogP contribution < -0.4 is 16.0 Å². The van der Waals surface area contributed by atoms with Crippen molar-refractivity contribution >= 4 is 17.8 Å². The Labute approximate surface area is 144 Å². The van der Waals surface area contributed by atoms with Crippen molar-refractivity contribution in [1.29, 1.82) is 0 Å². The lowest BCUT2D eigenvalue weighted by Crippen LogP contribution is -2.44. The number of benzene rings is 2.